The van der Waals surface area contributed by atoms with Crippen LogP contribution in [-0.2, 0) is 9.59 Å². The molecule has 0 radical (unpaired) electrons. The molecule has 0 bridgehead atoms. The monoisotopic (exact) mass is 554 g/mol. The minimum Gasteiger partial charge on any atom is -0.490 e. The second kappa shape index (κ2) is 12.7. The predicted octanol–water partition coefficient (Wildman–Crippen LogP) is 6.09. The number of carboxylic acids is 1. The SMILES string of the molecule is O=C(O)C(F)(Oc1ccccc1)C(=O)Nc1ccc(OC2CCN(C(c3ccccc3)c3ccccc3)CC2)cc1. The number of carbonyl (C=O) groups is 2. The first-order chi connectivity index (χ1) is 19.9. The van der Waals surface area contributed by atoms with E-state index in [2.05, 4.69) is 58.7 Å². The van der Waals surface area contributed by atoms with Crippen LogP contribution in [0.1, 0.15) is 30.0 Å². The Morgan fingerprint density at radius 2 is 1.29 bits per heavy atom. The summed E-state index contributed by atoms with van der Waals surface area (Å²) < 4.78 is 26.2. The molecule has 0 saturated carbocycles. The van der Waals surface area contributed by atoms with E-state index < -0.39 is 17.7 Å². The average Bonchev–Trinajstić information content (AvgIpc) is 3.00. The number of aliphatic carboxylic acids is 1. The molecule has 7 nitrogen and oxygen atoms in total. The molecule has 41 heavy (non-hydrogen) atoms. The average molecular weight is 555 g/mol. The van der Waals surface area contributed by atoms with Crippen molar-refractivity contribution < 1.29 is 28.6 Å². The number of amides is 1. The van der Waals surface area contributed by atoms with E-state index >= 15 is 4.39 Å². The Labute approximate surface area is 238 Å². The van der Waals surface area contributed by atoms with Gasteiger partial charge in [0.2, 0.25) is 0 Å². The lowest BCUT2D eigenvalue weighted by Crippen LogP contribution is -2.50. The minimum absolute atomic E-state index is 0.0173. The predicted molar refractivity (Wildman–Crippen MR) is 154 cm³/mol. The number of piperidine rings is 1. The number of carboxylic acid groups (broad SMARTS) is 1. The van der Waals surface area contributed by atoms with Gasteiger partial charge in [-0.1, -0.05) is 78.9 Å². The van der Waals surface area contributed by atoms with Crippen LogP contribution in [-0.4, -0.2) is 46.9 Å². The van der Waals surface area contributed by atoms with Crippen molar-refractivity contribution in [3.63, 3.8) is 0 Å². The highest BCUT2D eigenvalue weighted by molar-refractivity contribution is 6.10. The molecule has 0 aromatic heterocycles. The highest BCUT2D eigenvalue weighted by atomic mass is 19.2. The van der Waals surface area contributed by atoms with Gasteiger partial charge in [-0.3, -0.25) is 9.69 Å². The normalized spacial score (nSPS) is 15.6. The van der Waals surface area contributed by atoms with Gasteiger partial charge < -0.3 is 19.9 Å². The van der Waals surface area contributed by atoms with Crippen LogP contribution < -0.4 is 14.8 Å². The van der Waals surface area contributed by atoms with E-state index in [0.29, 0.717) is 5.75 Å². The molecule has 4 aromatic rings. The van der Waals surface area contributed by atoms with Crippen LogP contribution in [0.3, 0.4) is 0 Å². The van der Waals surface area contributed by atoms with Gasteiger partial charge in [0.15, 0.2) is 0 Å². The van der Waals surface area contributed by atoms with E-state index in [9.17, 15) is 14.7 Å². The fraction of sp³-hybridized carbons (Fsp3) is 0.212. The van der Waals surface area contributed by atoms with Crippen LogP contribution in [0.25, 0.3) is 0 Å². The quantitative estimate of drug-likeness (QED) is 0.231. The number of halogens is 1. The molecule has 2 N–H and O–H groups in total. The maximum atomic E-state index is 15.1. The number of hydrogen-bond acceptors (Lipinski definition) is 5. The lowest BCUT2D eigenvalue weighted by Gasteiger charge is -2.38. The second-order valence-electron chi connectivity index (χ2n) is 9.87. The van der Waals surface area contributed by atoms with Crippen LogP contribution in [0, 0.1) is 0 Å². The Bertz CT molecular complexity index is 1390. The van der Waals surface area contributed by atoms with Gasteiger partial charge in [-0.15, -0.1) is 0 Å². The summed E-state index contributed by atoms with van der Waals surface area (Å²) in [5.74, 6) is -6.56. The Kier molecular flexibility index (Phi) is 8.60. The molecule has 210 valence electrons. The maximum Gasteiger partial charge on any atom is 0.425 e. The molecule has 1 amide bonds. The number of anilines is 1. The first-order valence-electron chi connectivity index (χ1n) is 13.5. The number of rotatable bonds is 10. The highest BCUT2D eigenvalue weighted by Gasteiger charge is 2.50. The lowest BCUT2D eigenvalue weighted by molar-refractivity contribution is -0.178. The number of hydrogen-bond donors (Lipinski definition) is 2. The third-order valence-electron chi connectivity index (χ3n) is 7.06. The number of para-hydroxylation sites is 1. The molecule has 1 unspecified atom stereocenters. The number of benzene rings is 4. The highest BCUT2D eigenvalue weighted by Crippen LogP contribution is 2.32. The maximum absolute atomic E-state index is 15.1. The number of alkyl halides is 1. The zero-order valence-electron chi connectivity index (χ0n) is 22.4. The van der Waals surface area contributed by atoms with Gasteiger partial charge in [0.1, 0.15) is 17.6 Å². The summed E-state index contributed by atoms with van der Waals surface area (Å²) in [6.07, 6.45) is 1.70. The molecule has 1 fully saturated rings. The van der Waals surface area contributed by atoms with Crippen molar-refractivity contribution in [1.82, 2.24) is 4.90 Å². The zero-order valence-corrected chi connectivity index (χ0v) is 22.4. The van der Waals surface area contributed by atoms with E-state index in [1.165, 1.54) is 35.4 Å². The van der Waals surface area contributed by atoms with Crippen LogP contribution in [0.5, 0.6) is 11.5 Å². The van der Waals surface area contributed by atoms with Gasteiger partial charge in [0.25, 0.3) is 0 Å². The van der Waals surface area contributed by atoms with Crippen molar-refractivity contribution in [2.24, 2.45) is 0 Å². The molecule has 1 saturated heterocycles. The number of carbonyl (C=O) groups excluding carboxylic acids is 1. The van der Waals surface area contributed by atoms with Gasteiger partial charge >= 0.3 is 17.7 Å². The molecular formula is C33H31FN2O5. The van der Waals surface area contributed by atoms with Gasteiger partial charge in [-0.25, -0.2) is 4.79 Å². The van der Waals surface area contributed by atoms with Crippen LogP contribution in [0.4, 0.5) is 10.1 Å². The lowest BCUT2D eigenvalue weighted by atomic mass is 9.94. The summed E-state index contributed by atoms with van der Waals surface area (Å²) in [5, 5.41) is 11.6. The fourth-order valence-electron chi connectivity index (χ4n) is 5.00. The molecule has 0 spiro atoms. The second-order valence-corrected chi connectivity index (χ2v) is 9.87. The Balaban J connectivity index is 1.18. The minimum atomic E-state index is -3.60. The first kappa shape index (κ1) is 27.9. The van der Waals surface area contributed by atoms with Crippen molar-refractivity contribution >= 4 is 17.6 Å². The summed E-state index contributed by atoms with van der Waals surface area (Å²) in [4.78, 5) is 26.6. The first-order valence-corrected chi connectivity index (χ1v) is 13.5. The molecule has 8 heteroatoms. The molecule has 1 aliphatic heterocycles. The summed E-state index contributed by atoms with van der Waals surface area (Å²) in [5.41, 5.74) is 2.72. The largest absolute Gasteiger partial charge is 0.490 e. The standard InChI is InChI=1S/C33H31FN2O5/c34-33(32(38)39,41-29-14-8-3-9-15-29)31(37)35-26-16-18-27(19-17-26)40-28-20-22-36(23-21-28)30(24-10-4-1-5-11-24)25-12-6-2-7-13-25/h1-19,28,30H,20-23H2,(H,35,37)(H,38,39). The molecule has 0 aliphatic carbocycles. The third kappa shape index (κ3) is 6.73. The number of nitrogens with zero attached hydrogens (tertiary/aromatic N) is 1. The molecule has 1 aliphatic rings. The summed E-state index contributed by atoms with van der Waals surface area (Å²) in [7, 11) is 0. The smallest absolute Gasteiger partial charge is 0.425 e. The number of ether oxygens (including phenoxy) is 2. The Morgan fingerprint density at radius 3 is 1.80 bits per heavy atom. The van der Waals surface area contributed by atoms with Crippen molar-refractivity contribution in [2.75, 3.05) is 18.4 Å². The topological polar surface area (TPSA) is 88.1 Å². The molecule has 1 atom stereocenters. The third-order valence-corrected chi connectivity index (χ3v) is 7.06. The van der Waals surface area contributed by atoms with Crippen molar-refractivity contribution in [1.29, 1.82) is 0 Å². The molecule has 5 rings (SSSR count). The summed E-state index contributed by atoms with van der Waals surface area (Å²) >= 11 is 0. The van der Waals surface area contributed by atoms with E-state index in [0.717, 1.165) is 25.9 Å². The van der Waals surface area contributed by atoms with E-state index in [1.807, 2.05) is 12.1 Å². The zero-order chi connectivity index (χ0) is 28.7. The number of nitrogens with one attached hydrogen (secondary N) is 1. The van der Waals surface area contributed by atoms with Gasteiger partial charge in [0, 0.05) is 18.8 Å². The summed E-state index contributed by atoms with van der Waals surface area (Å²) in [6, 6.07) is 35.0. The Morgan fingerprint density at radius 1 is 0.780 bits per heavy atom. The van der Waals surface area contributed by atoms with Gasteiger partial charge in [-0.05, 0) is 60.4 Å². The van der Waals surface area contributed by atoms with Crippen molar-refractivity contribution in [2.45, 2.75) is 30.8 Å². The summed E-state index contributed by atoms with van der Waals surface area (Å²) in [6.45, 7) is 1.73. The van der Waals surface area contributed by atoms with Gasteiger partial charge in [-0.2, -0.15) is 4.39 Å². The molecular weight excluding hydrogens is 523 g/mol. The van der Waals surface area contributed by atoms with E-state index in [-0.39, 0.29) is 23.6 Å². The van der Waals surface area contributed by atoms with Crippen LogP contribution in [0.2, 0.25) is 0 Å². The van der Waals surface area contributed by atoms with Crippen LogP contribution in [0.15, 0.2) is 115 Å². The van der Waals surface area contributed by atoms with E-state index in [1.54, 1.807) is 30.3 Å². The van der Waals surface area contributed by atoms with E-state index in [4.69, 9.17) is 9.47 Å². The Hall–Kier alpha value is -4.69. The van der Waals surface area contributed by atoms with Crippen molar-refractivity contribution in [3.05, 3.63) is 126 Å². The molecule has 1 heterocycles. The number of likely N-dealkylation sites (tertiary alicyclic amines) is 1. The molecule has 4 aromatic carbocycles. The van der Waals surface area contributed by atoms with Gasteiger partial charge in [0.05, 0.1) is 6.04 Å². The van der Waals surface area contributed by atoms with Crippen molar-refractivity contribution in [3.8, 4) is 11.5 Å². The van der Waals surface area contributed by atoms with Crippen LogP contribution >= 0.6 is 0 Å². The fourth-order valence-corrected chi connectivity index (χ4v) is 5.00.